The molecule has 4 nitrogen and oxygen atoms in total. The van der Waals surface area contributed by atoms with Crippen molar-refractivity contribution in [3.05, 3.63) is 89.7 Å². The number of pyridine rings is 1. The standard InChI is InChI=1S/C24H24N2O2S/c1-4-28-21-11-7-6-10-20(21)25-24(29)22(26-14-8-5-9-15-26)23(27)19-13-12-17(2)18(3)16-19/h5-16H,4H2,1-3H3,(H-,25,27,29)/p+1. The van der Waals surface area contributed by atoms with E-state index in [1.807, 2.05) is 98.4 Å². The van der Waals surface area contributed by atoms with Gasteiger partial charge in [-0.25, -0.2) is 0 Å². The van der Waals surface area contributed by atoms with Gasteiger partial charge in [0, 0.05) is 17.7 Å². The van der Waals surface area contributed by atoms with Crippen LogP contribution < -0.4 is 14.6 Å². The van der Waals surface area contributed by atoms with E-state index in [9.17, 15) is 5.11 Å². The molecule has 0 bridgehead atoms. The van der Waals surface area contributed by atoms with E-state index in [0.717, 1.165) is 11.3 Å². The number of ether oxygens (including phenoxy) is 1. The number of benzene rings is 2. The van der Waals surface area contributed by atoms with E-state index < -0.39 is 0 Å². The van der Waals surface area contributed by atoms with Gasteiger partial charge in [-0.1, -0.05) is 42.5 Å². The Morgan fingerprint density at radius 3 is 2.41 bits per heavy atom. The zero-order valence-electron chi connectivity index (χ0n) is 16.8. The monoisotopic (exact) mass is 405 g/mol. The molecule has 0 amide bonds. The molecule has 0 spiro atoms. The fraction of sp³-hybridized carbons (Fsp3) is 0.167. The number of aliphatic hydroxyl groups excluding tert-OH is 1. The third kappa shape index (κ3) is 4.81. The molecule has 3 aromatic rings. The molecule has 0 unspecified atom stereocenters. The summed E-state index contributed by atoms with van der Waals surface area (Å²) < 4.78 is 7.50. The highest BCUT2D eigenvalue weighted by atomic mass is 32.1. The van der Waals surface area contributed by atoms with Crippen LogP contribution in [0.1, 0.15) is 23.6 Å². The Balaban J connectivity index is 2.07. The first-order valence-corrected chi connectivity index (χ1v) is 9.92. The molecule has 0 fully saturated rings. The van der Waals surface area contributed by atoms with E-state index in [1.54, 1.807) is 0 Å². The second-order valence-corrected chi connectivity index (χ2v) is 7.07. The zero-order chi connectivity index (χ0) is 20.8. The van der Waals surface area contributed by atoms with Crippen LogP contribution in [0.2, 0.25) is 0 Å². The molecule has 0 aliphatic heterocycles. The van der Waals surface area contributed by atoms with Gasteiger partial charge in [-0.15, -0.1) is 0 Å². The predicted octanol–water partition coefficient (Wildman–Crippen LogP) is 5.31. The van der Waals surface area contributed by atoms with Gasteiger partial charge in [0.2, 0.25) is 0 Å². The average Bonchev–Trinajstić information content (AvgIpc) is 2.72. The molecule has 148 valence electrons. The molecular formula is C24H25N2O2S+. The molecule has 2 aromatic carbocycles. The third-order valence-electron chi connectivity index (χ3n) is 4.63. The van der Waals surface area contributed by atoms with Crippen LogP contribution >= 0.6 is 12.2 Å². The summed E-state index contributed by atoms with van der Waals surface area (Å²) in [6.45, 7) is 6.56. The SMILES string of the molecule is CCOc1ccccc1NC(=S)C(=C(O)c1ccc(C)c(C)c1)[n+]1ccccc1. The first kappa shape index (κ1) is 20.6. The Kier molecular flexibility index (Phi) is 6.62. The van der Waals surface area contributed by atoms with Crippen LogP contribution in [0, 0.1) is 13.8 Å². The fourth-order valence-electron chi connectivity index (χ4n) is 2.95. The minimum Gasteiger partial charge on any atom is -0.502 e. The lowest BCUT2D eigenvalue weighted by Crippen LogP contribution is -2.38. The van der Waals surface area contributed by atoms with Crippen LogP contribution in [0.4, 0.5) is 5.69 Å². The fourth-order valence-corrected chi connectivity index (χ4v) is 3.27. The van der Waals surface area contributed by atoms with E-state index in [-0.39, 0.29) is 5.76 Å². The van der Waals surface area contributed by atoms with E-state index in [4.69, 9.17) is 17.0 Å². The maximum absolute atomic E-state index is 11.2. The predicted molar refractivity (Wildman–Crippen MR) is 122 cm³/mol. The molecule has 1 heterocycles. The van der Waals surface area contributed by atoms with Crippen LogP contribution in [0.25, 0.3) is 11.5 Å². The van der Waals surface area contributed by atoms with E-state index >= 15 is 0 Å². The number of aliphatic hydroxyl groups is 1. The van der Waals surface area contributed by atoms with Crippen molar-refractivity contribution >= 4 is 34.3 Å². The number of rotatable bonds is 6. The van der Waals surface area contributed by atoms with Crippen molar-refractivity contribution in [3.63, 3.8) is 0 Å². The molecule has 0 radical (unpaired) electrons. The minimum atomic E-state index is 0.107. The quantitative estimate of drug-likeness (QED) is 0.252. The second-order valence-electron chi connectivity index (χ2n) is 6.66. The number of hydrogen-bond acceptors (Lipinski definition) is 3. The molecule has 0 saturated heterocycles. The summed E-state index contributed by atoms with van der Waals surface area (Å²) in [7, 11) is 0. The molecule has 0 aliphatic rings. The normalized spacial score (nSPS) is 11.6. The van der Waals surface area contributed by atoms with Crippen molar-refractivity contribution in [1.82, 2.24) is 0 Å². The van der Waals surface area contributed by atoms with Crippen LogP contribution in [0.3, 0.4) is 0 Å². The maximum atomic E-state index is 11.2. The van der Waals surface area contributed by atoms with Gasteiger partial charge in [0.1, 0.15) is 5.75 Å². The number of nitrogens with one attached hydrogen (secondary N) is 1. The lowest BCUT2D eigenvalue weighted by atomic mass is 10.0. The molecular weight excluding hydrogens is 380 g/mol. The van der Waals surface area contributed by atoms with Crippen molar-refractivity contribution in [2.24, 2.45) is 0 Å². The van der Waals surface area contributed by atoms with Crippen molar-refractivity contribution in [3.8, 4) is 5.75 Å². The summed E-state index contributed by atoms with van der Waals surface area (Å²) in [6.07, 6.45) is 3.71. The van der Waals surface area contributed by atoms with Crippen molar-refractivity contribution < 1.29 is 14.4 Å². The summed E-state index contributed by atoms with van der Waals surface area (Å²) in [5.41, 5.74) is 4.23. The largest absolute Gasteiger partial charge is 0.502 e. The van der Waals surface area contributed by atoms with Crippen LogP contribution in [-0.4, -0.2) is 16.7 Å². The summed E-state index contributed by atoms with van der Waals surface area (Å²) in [6, 6.07) is 19.2. The molecule has 5 heteroatoms. The van der Waals surface area contributed by atoms with Gasteiger partial charge in [0.25, 0.3) is 5.70 Å². The summed E-state index contributed by atoms with van der Waals surface area (Å²) in [5, 5.41) is 14.4. The smallest absolute Gasteiger partial charge is 0.288 e. The van der Waals surface area contributed by atoms with Crippen molar-refractivity contribution in [2.45, 2.75) is 20.8 Å². The van der Waals surface area contributed by atoms with Crippen LogP contribution in [0.15, 0.2) is 73.1 Å². The number of anilines is 1. The number of hydrogen-bond donors (Lipinski definition) is 2. The van der Waals surface area contributed by atoms with Gasteiger partial charge < -0.3 is 15.2 Å². The van der Waals surface area contributed by atoms with Gasteiger partial charge in [-0.05, 0) is 50.1 Å². The van der Waals surface area contributed by atoms with E-state index in [1.165, 1.54) is 5.56 Å². The van der Waals surface area contributed by atoms with Crippen molar-refractivity contribution in [1.29, 1.82) is 0 Å². The Morgan fingerprint density at radius 2 is 1.72 bits per heavy atom. The van der Waals surface area contributed by atoms with Crippen molar-refractivity contribution in [2.75, 3.05) is 11.9 Å². The van der Waals surface area contributed by atoms with E-state index in [0.29, 0.717) is 28.6 Å². The Hall–Kier alpha value is -3.18. The van der Waals surface area contributed by atoms with Gasteiger partial charge in [-0.2, -0.15) is 4.57 Å². The first-order valence-electron chi connectivity index (χ1n) is 9.52. The highest BCUT2D eigenvalue weighted by Gasteiger charge is 2.24. The number of para-hydroxylation sites is 2. The summed E-state index contributed by atoms with van der Waals surface area (Å²) >= 11 is 5.71. The Bertz CT molecular complexity index is 1050. The number of aryl methyl sites for hydroxylation is 2. The molecule has 1 aromatic heterocycles. The topological polar surface area (TPSA) is 45.4 Å². The van der Waals surface area contributed by atoms with Gasteiger partial charge >= 0.3 is 0 Å². The Morgan fingerprint density at radius 1 is 1.00 bits per heavy atom. The number of aromatic nitrogens is 1. The lowest BCUT2D eigenvalue weighted by molar-refractivity contribution is -0.575. The molecule has 3 rings (SSSR count). The molecule has 0 atom stereocenters. The van der Waals surface area contributed by atoms with Crippen LogP contribution in [-0.2, 0) is 0 Å². The third-order valence-corrected chi connectivity index (χ3v) is 4.92. The van der Waals surface area contributed by atoms with Gasteiger partial charge in [-0.3, -0.25) is 0 Å². The summed E-state index contributed by atoms with van der Waals surface area (Å²) in [4.78, 5) is 0.393. The minimum absolute atomic E-state index is 0.107. The molecule has 0 aliphatic carbocycles. The molecule has 2 N–H and O–H groups in total. The average molecular weight is 406 g/mol. The number of nitrogens with zero attached hydrogens (tertiary/aromatic N) is 1. The van der Waals surface area contributed by atoms with Gasteiger partial charge in [0.05, 0.1) is 12.3 Å². The van der Waals surface area contributed by atoms with Crippen LogP contribution in [0.5, 0.6) is 5.75 Å². The Labute approximate surface area is 177 Å². The number of thiocarbonyl (C=S) groups is 1. The van der Waals surface area contributed by atoms with Gasteiger partial charge in [0.15, 0.2) is 23.1 Å². The van der Waals surface area contributed by atoms with E-state index in [2.05, 4.69) is 5.32 Å². The lowest BCUT2D eigenvalue weighted by Gasteiger charge is -2.14. The first-order chi connectivity index (χ1) is 14.0. The maximum Gasteiger partial charge on any atom is 0.288 e. The highest BCUT2D eigenvalue weighted by Crippen LogP contribution is 2.26. The molecule has 29 heavy (non-hydrogen) atoms. The highest BCUT2D eigenvalue weighted by molar-refractivity contribution is 7.81. The summed E-state index contributed by atoms with van der Waals surface area (Å²) in [5.74, 6) is 0.816. The second kappa shape index (κ2) is 9.34. The zero-order valence-corrected chi connectivity index (χ0v) is 17.7. The molecule has 0 saturated carbocycles.